The minimum Gasteiger partial charge on any atom is -0.325 e. The summed E-state index contributed by atoms with van der Waals surface area (Å²) in [6, 6.07) is 6.15. The Morgan fingerprint density at radius 3 is 2.46 bits per heavy atom. The van der Waals surface area contributed by atoms with E-state index in [1.165, 1.54) is 10.7 Å². The average Bonchev–Trinajstić information content (AvgIpc) is 3.09. The number of aromatic nitrogens is 1. The monoisotopic (exact) mass is 400 g/mol. The molecule has 0 atom stereocenters. The topological polar surface area (TPSA) is 48.5 Å². The van der Waals surface area contributed by atoms with Crippen LogP contribution in [-0.4, -0.2) is 53.4 Å². The van der Waals surface area contributed by atoms with Gasteiger partial charge >= 0.3 is 0 Å². The summed E-state index contributed by atoms with van der Waals surface area (Å²) in [5, 5.41) is 6.43. The van der Waals surface area contributed by atoms with Crippen LogP contribution in [0.5, 0.6) is 0 Å². The predicted molar refractivity (Wildman–Crippen MR) is 117 cm³/mol. The molecule has 1 N–H and O–H groups in total. The molecule has 1 amide bonds. The fourth-order valence-electron chi connectivity index (χ4n) is 3.29. The SMILES string of the molecule is Cc1ccc(C)c(NC(=O)CN2CCN(Cc3nc(C(C)(C)C)cs3)CC2)c1. The first-order valence-electron chi connectivity index (χ1n) is 9.97. The van der Waals surface area contributed by atoms with Crippen LogP contribution in [0.1, 0.15) is 42.6 Å². The summed E-state index contributed by atoms with van der Waals surface area (Å²) in [6.45, 7) is 15.8. The summed E-state index contributed by atoms with van der Waals surface area (Å²) in [6.07, 6.45) is 0. The van der Waals surface area contributed by atoms with Crippen LogP contribution in [0.3, 0.4) is 0 Å². The number of aryl methyl sites for hydroxylation is 2. The molecule has 5 nitrogen and oxygen atoms in total. The lowest BCUT2D eigenvalue weighted by Crippen LogP contribution is -2.48. The number of thiazole rings is 1. The van der Waals surface area contributed by atoms with Crippen LogP contribution in [0, 0.1) is 13.8 Å². The van der Waals surface area contributed by atoms with E-state index in [1.807, 2.05) is 26.0 Å². The highest BCUT2D eigenvalue weighted by molar-refractivity contribution is 7.09. The van der Waals surface area contributed by atoms with Crippen molar-refractivity contribution in [3.05, 3.63) is 45.4 Å². The van der Waals surface area contributed by atoms with Crippen LogP contribution in [0.4, 0.5) is 5.69 Å². The highest BCUT2D eigenvalue weighted by atomic mass is 32.1. The van der Waals surface area contributed by atoms with E-state index >= 15 is 0 Å². The first kappa shape index (κ1) is 21.0. The second-order valence-electron chi connectivity index (χ2n) is 8.80. The second kappa shape index (κ2) is 8.72. The first-order valence-corrected chi connectivity index (χ1v) is 10.9. The molecular weight excluding hydrogens is 368 g/mol. The summed E-state index contributed by atoms with van der Waals surface area (Å²) < 4.78 is 0. The standard InChI is InChI=1S/C22H32N4OS/c1-16-6-7-17(2)18(12-16)23-20(27)13-25-8-10-26(11-9-25)14-21-24-19(15-28-21)22(3,4)5/h6-7,12,15H,8-11,13-14H2,1-5H3,(H,23,27). The van der Waals surface area contributed by atoms with Gasteiger partial charge in [-0.15, -0.1) is 11.3 Å². The molecule has 1 aliphatic rings. The Bertz CT molecular complexity index is 816. The molecule has 1 aliphatic heterocycles. The van der Waals surface area contributed by atoms with E-state index in [2.05, 4.69) is 47.3 Å². The zero-order chi connectivity index (χ0) is 20.3. The number of amides is 1. The van der Waals surface area contributed by atoms with E-state index in [0.29, 0.717) is 6.54 Å². The zero-order valence-electron chi connectivity index (χ0n) is 17.7. The Kier molecular flexibility index (Phi) is 6.53. The van der Waals surface area contributed by atoms with Gasteiger partial charge in [0.25, 0.3) is 0 Å². The Labute approximate surface area is 172 Å². The molecule has 1 aromatic carbocycles. The third-order valence-electron chi connectivity index (χ3n) is 5.18. The molecule has 0 unspecified atom stereocenters. The van der Waals surface area contributed by atoms with E-state index in [1.54, 1.807) is 11.3 Å². The van der Waals surface area contributed by atoms with Crippen LogP contribution in [-0.2, 0) is 16.8 Å². The largest absolute Gasteiger partial charge is 0.325 e. The number of anilines is 1. The van der Waals surface area contributed by atoms with Crippen LogP contribution in [0.2, 0.25) is 0 Å². The van der Waals surface area contributed by atoms with Crippen LogP contribution < -0.4 is 5.32 Å². The van der Waals surface area contributed by atoms with E-state index < -0.39 is 0 Å². The molecule has 0 bridgehead atoms. The summed E-state index contributed by atoms with van der Waals surface area (Å²) in [5.74, 6) is 0.0666. The highest BCUT2D eigenvalue weighted by Gasteiger charge is 2.22. The van der Waals surface area contributed by atoms with Crippen molar-refractivity contribution in [3.63, 3.8) is 0 Å². The first-order chi connectivity index (χ1) is 13.2. The quantitative estimate of drug-likeness (QED) is 0.829. The van der Waals surface area contributed by atoms with Gasteiger partial charge in [-0.05, 0) is 31.0 Å². The number of piperazine rings is 1. The molecule has 0 spiro atoms. The van der Waals surface area contributed by atoms with Crippen molar-refractivity contribution < 1.29 is 4.79 Å². The average molecular weight is 401 g/mol. The maximum atomic E-state index is 12.4. The molecule has 2 aromatic rings. The van der Waals surface area contributed by atoms with Gasteiger partial charge < -0.3 is 5.32 Å². The molecule has 28 heavy (non-hydrogen) atoms. The molecule has 6 heteroatoms. The molecule has 152 valence electrons. The van der Waals surface area contributed by atoms with Gasteiger partial charge in [-0.3, -0.25) is 14.6 Å². The molecule has 0 aliphatic carbocycles. The third-order valence-corrected chi connectivity index (χ3v) is 6.01. The van der Waals surface area contributed by atoms with Gasteiger partial charge in [-0.25, -0.2) is 4.98 Å². The Morgan fingerprint density at radius 2 is 1.82 bits per heavy atom. The van der Waals surface area contributed by atoms with Gasteiger partial charge in [-0.1, -0.05) is 32.9 Å². The summed E-state index contributed by atoms with van der Waals surface area (Å²) in [4.78, 5) is 21.9. The molecule has 3 rings (SSSR count). The maximum Gasteiger partial charge on any atom is 0.238 e. The maximum absolute atomic E-state index is 12.4. The van der Waals surface area contributed by atoms with Crippen molar-refractivity contribution in [3.8, 4) is 0 Å². The van der Waals surface area contributed by atoms with Crippen molar-refractivity contribution in [1.29, 1.82) is 0 Å². The Hall–Kier alpha value is -1.76. The Balaban J connectivity index is 1.45. The summed E-state index contributed by atoms with van der Waals surface area (Å²) in [5.41, 5.74) is 4.46. The molecule has 1 fully saturated rings. The number of carbonyl (C=O) groups excluding carboxylic acids is 1. The van der Waals surface area contributed by atoms with Gasteiger partial charge in [0.15, 0.2) is 0 Å². The van der Waals surface area contributed by atoms with Gasteiger partial charge in [0.05, 0.1) is 18.8 Å². The number of rotatable bonds is 5. The lowest BCUT2D eigenvalue weighted by Gasteiger charge is -2.33. The van der Waals surface area contributed by atoms with Crippen LogP contribution in [0.25, 0.3) is 0 Å². The Morgan fingerprint density at radius 1 is 1.14 bits per heavy atom. The number of benzene rings is 1. The normalized spacial score (nSPS) is 16.3. The van der Waals surface area contributed by atoms with Crippen LogP contribution >= 0.6 is 11.3 Å². The van der Waals surface area contributed by atoms with E-state index in [4.69, 9.17) is 4.98 Å². The smallest absolute Gasteiger partial charge is 0.238 e. The summed E-state index contributed by atoms with van der Waals surface area (Å²) in [7, 11) is 0. The molecule has 0 saturated carbocycles. The van der Waals surface area contributed by atoms with Crippen molar-refractivity contribution in [2.75, 3.05) is 38.0 Å². The van der Waals surface area contributed by atoms with Crippen molar-refractivity contribution in [2.45, 2.75) is 46.6 Å². The zero-order valence-corrected chi connectivity index (χ0v) is 18.5. The second-order valence-corrected chi connectivity index (χ2v) is 9.74. The molecule has 1 aromatic heterocycles. The molecular formula is C22H32N4OS. The van der Waals surface area contributed by atoms with Gasteiger partial charge in [-0.2, -0.15) is 0 Å². The summed E-state index contributed by atoms with van der Waals surface area (Å²) >= 11 is 1.75. The number of hydrogen-bond donors (Lipinski definition) is 1. The van der Waals surface area contributed by atoms with E-state index in [0.717, 1.165) is 49.5 Å². The third kappa shape index (κ3) is 5.63. The molecule has 0 radical (unpaired) electrons. The van der Waals surface area contributed by atoms with Crippen molar-refractivity contribution in [1.82, 2.24) is 14.8 Å². The fraction of sp³-hybridized carbons (Fsp3) is 0.545. The van der Waals surface area contributed by atoms with Crippen molar-refractivity contribution >= 4 is 22.9 Å². The minimum atomic E-state index is 0.0666. The van der Waals surface area contributed by atoms with E-state index in [-0.39, 0.29) is 11.3 Å². The number of carbonyl (C=O) groups is 1. The predicted octanol–water partition coefficient (Wildman–Crippen LogP) is 3.81. The van der Waals surface area contributed by atoms with Gasteiger partial charge in [0.2, 0.25) is 5.91 Å². The number of nitrogens with zero attached hydrogens (tertiary/aromatic N) is 3. The van der Waals surface area contributed by atoms with Crippen molar-refractivity contribution in [2.24, 2.45) is 0 Å². The number of hydrogen-bond acceptors (Lipinski definition) is 5. The lowest BCUT2D eigenvalue weighted by atomic mass is 9.93. The van der Waals surface area contributed by atoms with Gasteiger partial charge in [0, 0.05) is 42.7 Å². The molecule has 2 heterocycles. The van der Waals surface area contributed by atoms with Gasteiger partial charge in [0.1, 0.15) is 5.01 Å². The molecule has 1 saturated heterocycles. The highest BCUT2D eigenvalue weighted by Crippen LogP contribution is 2.24. The number of nitrogens with one attached hydrogen (secondary N) is 1. The fourth-order valence-corrected chi connectivity index (χ4v) is 4.35. The minimum absolute atomic E-state index is 0.0666. The lowest BCUT2D eigenvalue weighted by molar-refractivity contribution is -0.117. The van der Waals surface area contributed by atoms with Crippen LogP contribution in [0.15, 0.2) is 23.6 Å². The van der Waals surface area contributed by atoms with E-state index in [9.17, 15) is 4.79 Å².